The molecule has 2 aromatic carbocycles. The Labute approximate surface area is 160 Å². The smallest absolute Gasteiger partial charge is 0.271 e. The molecule has 0 radical (unpaired) electrons. The molecule has 3 aromatic heterocycles. The molecule has 1 saturated carbocycles. The minimum absolute atomic E-state index is 0.111. The summed E-state index contributed by atoms with van der Waals surface area (Å²) in [5.74, 6) is -0.130. The lowest BCUT2D eigenvalue weighted by molar-refractivity contribution is 0.602. The van der Waals surface area contributed by atoms with Gasteiger partial charge in [-0.1, -0.05) is 18.2 Å². The number of benzene rings is 2. The number of halogens is 1. The Bertz CT molecular complexity index is 1500. The van der Waals surface area contributed by atoms with Gasteiger partial charge in [0.1, 0.15) is 27.4 Å². The van der Waals surface area contributed by atoms with Crippen molar-refractivity contribution in [3.05, 3.63) is 68.9 Å². The summed E-state index contributed by atoms with van der Waals surface area (Å²) in [6.07, 6.45) is 1.94. The Morgan fingerprint density at radius 1 is 1.14 bits per heavy atom. The predicted octanol–water partition coefficient (Wildman–Crippen LogP) is 4.79. The summed E-state index contributed by atoms with van der Waals surface area (Å²) < 4.78 is 25.5. The van der Waals surface area contributed by atoms with Crippen LogP contribution < -0.4 is 11.0 Å². The van der Waals surface area contributed by atoms with Crippen LogP contribution in [0.5, 0.6) is 0 Å². The van der Waals surface area contributed by atoms with Crippen LogP contribution in [-0.2, 0) is 0 Å². The van der Waals surface area contributed by atoms with Gasteiger partial charge in [0, 0.05) is 16.8 Å². The summed E-state index contributed by atoms with van der Waals surface area (Å²) in [4.78, 5) is 25.7. The number of rotatable bonds is 2. The number of hydrogen-bond acceptors (Lipinski definition) is 4. The molecule has 138 valence electrons. The molecular formula is C21H13FN2O3S. The maximum absolute atomic E-state index is 15.0. The SMILES string of the molecule is O=c1[nH]sc2c1c(=O)c1cc(F)c(-c3cc4ccccc4o3)cc1n2C1CC1. The Hall–Kier alpha value is -3.19. The molecule has 0 saturated heterocycles. The van der Waals surface area contributed by atoms with Crippen LogP contribution >= 0.6 is 11.5 Å². The van der Waals surface area contributed by atoms with Gasteiger partial charge in [-0.05, 0) is 48.6 Å². The first-order valence-corrected chi connectivity index (χ1v) is 9.81. The molecule has 1 aliphatic rings. The van der Waals surface area contributed by atoms with Crippen molar-refractivity contribution in [1.82, 2.24) is 8.94 Å². The molecular weight excluding hydrogens is 379 g/mol. The molecule has 5 nitrogen and oxygen atoms in total. The Morgan fingerprint density at radius 3 is 2.75 bits per heavy atom. The lowest BCUT2D eigenvalue weighted by atomic mass is 10.1. The zero-order valence-electron chi connectivity index (χ0n) is 14.5. The van der Waals surface area contributed by atoms with Crippen molar-refractivity contribution in [2.45, 2.75) is 18.9 Å². The molecule has 0 bridgehead atoms. The number of para-hydroxylation sites is 1. The maximum Gasteiger partial charge on any atom is 0.271 e. The minimum Gasteiger partial charge on any atom is -0.456 e. The van der Waals surface area contributed by atoms with E-state index in [2.05, 4.69) is 4.37 Å². The van der Waals surface area contributed by atoms with Gasteiger partial charge >= 0.3 is 0 Å². The van der Waals surface area contributed by atoms with Crippen LogP contribution in [0.4, 0.5) is 4.39 Å². The van der Waals surface area contributed by atoms with Gasteiger partial charge in [0.2, 0.25) is 5.43 Å². The number of aromatic nitrogens is 2. The quantitative estimate of drug-likeness (QED) is 0.470. The van der Waals surface area contributed by atoms with E-state index in [1.807, 2.05) is 28.8 Å². The number of furan rings is 1. The molecule has 3 heterocycles. The zero-order chi connectivity index (χ0) is 19.0. The second-order valence-electron chi connectivity index (χ2n) is 7.14. The highest BCUT2D eigenvalue weighted by atomic mass is 32.1. The Kier molecular flexibility index (Phi) is 3.06. The van der Waals surface area contributed by atoms with Crippen molar-refractivity contribution in [3.63, 3.8) is 0 Å². The molecule has 0 aliphatic heterocycles. The third-order valence-corrected chi connectivity index (χ3v) is 6.20. The van der Waals surface area contributed by atoms with Crippen molar-refractivity contribution < 1.29 is 8.81 Å². The van der Waals surface area contributed by atoms with Gasteiger partial charge in [0.15, 0.2) is 0 Å². The van der Waals surface area contributed by atoms with E-state index >= 15 is 0 Å². The summed E-state index contributed by atoms with van der Waals surface area (Å²) in [5.41, 5.74) is 0.769. The number of nitrogens with one attached hydrogen (secondary N) is 1. The topological polar surface area (TPSA) is 68.0 Å². The van der Waals surface area contributed by atoms with Crippen molar-refractivity contribution in [3.8, 4) is 11.3 Å². The van der Waals surface area contributed by atoms with Gasteiger partial charge in [-0.25, -0.2) is 4.39 Å². The molecule has 7 heteroatoms. The molecule has 0 amide bonds. The van der Waals surface area contributed by atoms with E-state index in [1.165, 1.54) is 6.07 Å². The summed E-state index contributed by atoms with van der Waals surface area (Å²) in [5, 5.41) is 1.22. The number of pyridine rings is 1. The standard InChI is InChI=1S/C21H13FN2O3S/c22-14-8-13-15(9-12(14)17-7-10-3-1-2-4-16(10)27-17)24(11-5-6-11)21-18(19(13)25)20(26)23-28-21/h1-4,7-9,11H,5-6H2,(H,23,26). The van der Waals surface area contributed by atoms with Gasteiger partial charge < -0.3 is 8.98 Å². The molecule has 28 heavy (non-hydrogen) atoms. The van der Waals surface area contributed by atoms with Crippen LogP contribution in [0.25, 0.3) is 43.4 Å². The monoisotopic (exact) mass is 392 g/mol. The summed E-state index contributed by atoms with van der Waals surface area (Å²) in [6, 6.07) is 12.4. The normalized spacial score (nSPS) is 14.5. The van der Waals surface area contributed by atoms with E-state index in [1.54, 1.807) is 12.1 Å². The minimum atomic E-state index is -0.544. The Morgan fingerprint density at radius 2 is 1.96 bits per heavy atom. The van der Waals surface area contributed by atoms with Gasteiger partial charge in [-0.3, -0.25) is 14.0 Å². The van der Waals surface area contributed by atoms with E-state index in [0.717, 1.165) is 29.8 Å². The number of nitrogens with zero attached hydrogens (tertiary/aromatic N) is 1. The maximum atomic E-state index is 15.0. The van der Waals surface area contributed by atoms with E-state index in [9.17, 15) is 14.0 Å². The molecule has 5 aromatic rings. The number of hydrogen-bond donors (Lipinski definition) is 1. The first-order chi connectivity index (χ1) is 13.6. The van der Waals surface area contributed by atoms with Crippen LogP contribution in [0.3, 0.4) is 0 Å². The van der Waals surface area contributed by atoms with Crippen molar-refractivity contribution in [2.24, 2.45) is 0 Å². The molecule has 0 spiro atoms. The molecule has 1 aliphatic carbocycles. The molecule has 1 N–H and O–H groups in total. The highest BCUT2D eigenvalue weighted by Crippen LogP contribution is 2.41. The second kappa shape index (κ2) is 5.42. The average molecular weight is 392 g/mol. The number of H-pyrrole nitrogens is 1. The van der Waals surface area contributed by atoms with Crippen LogP contribution in [0.15, 0.2) is 56.5 Å². The first kappa shape index (κ1) is 15.8. The fraction of sp³-hybridized carbons (Fsp3) is 0.143. The van der Waals surface area contributed by atoms with Crippen LogP contribution in [-0.4, -0.2) is 8.94 Å². The molecule has 0 unspecified atom stereocenters. The summed E-state index contributed by atoms with van der Waals surface area (Å²) >= 11 is 1.16. The van der Waals surface area contributed by atoms with E-state index in [0.29, 0.717) is 27.3 Å². The molecule has 1 fully saturated rings. The lowest BCUT2D eigenvalue weighted by Gasteiger charge is -2.12. The predicted molar refractivity (Wildman–Crippen MR) is 108 cm³/mol. The third-order valence-electron chi connectivity index (χ3n) is 5.32. The number of aromatic amines is 1. The zero-order valence-corrected chi connectivity index (χ0v) is 15.3. The number of fused-ring (bicyclic) bond motifs is 3. The van der Waals surface area contributed by atoms with E-state index < -0.39 is 16.8 Å². The van der Waals surface area contributed by atoms with Gasteiger partial charge in [-0.2, -0.15) is 0 Å². The second-order valence-corrected chi connectivity index (χ2v) is 7.94. The molecule has 6 rings (SSSR count). The highest BCUT2D eigenvalue weighted by Gasteiger charge is 2.29. The Balaban J connectivity index is 1.74. The first-order valence-electron chi connectivity index (χ1n) is 9.00. The fourth-order valence-electron chi connectivity index (χ4n) is 3.85. The summed E-state index contributed by atoms with van der Waals surface area (Å²) in [7, 11) is 0. The van der Waals surface area contributed by atoms with Gasteiger partial charge in [0.25, 0.3) is 5.56 Å². The van der Waals surface area contributed by atoms with Crippen molar-refractivity contribution >= 4 is 43.6 Å². The fourth-order valence-corrected chi connectivity index (χ4v) is 4.77. The van der Waals surface area contributed by atoms with Crippen molar-refractivity contribution in [1.29, 1.82) is 0 Å². The molecule has 0 atom stereocenters. The average Bonchev–Trinajstić information content (AvgIpc) is 3.31. The van der Waals surface area contributed by atoms with Crippen LogP contribution in [0.1, 0.15) is 18.9 Å². The third kappa shape index (κ3) is 2.10. The van der Waals surface area contributed by atoms with Crippen LogP contribution in [0.2, 0.25) is 0 Å². The van der Waals surface area contributed by atoms with Crippen molar-refractivity contribution in [2.75, 3.05) is 0 Å². The van der Waals surface area contributed by atoms with Gasteiger partial charge in [0.05, 0.1) is 11.1 Å². The highest BCUT2D eigenvalue weighted by molar-refractivity contribution is 7.12. The lowest BCUT2D eigenvalue weighted by Crippen LogP contribution is -2.15. The summed E-state index contributed by atoms with van der Waals surface area (Å²) in [6.45, 7) is 0. The van der Waals surface area contributed by atoms with Crippen LogP contribution in [0, 0.1) is 5.82 Å². The van der Waals surface area contributed by atoms with E-state index in [-0.39, 0.29) is 16.8 Å². The van der Waals surface area contributed by atoms with Gasteiger partial charge in [-0.15, -0.1) is 0 Å². The largest absolute Gasteiger partial charge is 0.456 e. The van der Waals surface area contributed by atoms with E-state index in [4.69, 9.17) is 4.42 Å².